The minimum atomic E-state index is -0.198. The summed E-state index contributed by atoms with van der Waals surface area (Å²) in [4.78, 5) is 15.3. The molecular weight excluding hydrogens is 210 g/mol. The summed E-state index contributed by atoms with van der Waals surface area (Å²) in [7, 11) is 0. The number of hydrogen-bond acceptors (Lipinski definition) is 2. The number of carbonyl (C=O) groups is 1. The maximum Gasteiger partial charge on any atom is 0.131 e. The molecule has 1 unspecified atom stereocenters. The van der Waals surface area contributed by atoms with Crippen LogP contribution in [0, 0.1) is 13.8 Å². The van der Waals surface area contributed by atoms with E-state index in [1.54, 1.807) is 12.4 Å². The lowest BCUT2D eigenvalue weighted by Crippen LogP contribution is -2.03. The van der Waals surface area contributed by atoms with E-state index >= 15 is 0 Å². The van der Waals surface area contributed by atoms with E-state index in [2.05, 4.69) is 23.2 Å². The van der Waals surface area contributed by atoms with Crippen molar-refractivity contribution in [2.75, 3.05) is 0 Å². The Hall–Kier alpha value is -1.96. The number of hydrogen-bond donors (Lipinski definition) is 0. The van der Waals surface area contributed by atoms with Gasteiger partial charge >= 0.3 is 0 Å². The molecule has 0 saturated heterocycles. The Morgan fingerprint density at radius 1 is 1.00 bits per heavy atom. The molecule has 2 aromatic rings. The van der Waals surface area contributed by atoms with Crippen molar-refractivity contribution in [2.24, 2.45) is 0 Å². The number of aromatic nitrogens is 1. The molecule has 0 aliphatic heterocycles. The minimum Gasteiger partial charge on any atom is -0.302 e. The van der Waals surface area contributed by atoms with Crippen LogP contribution in [0.2, 0.25) is 0 Å². The molecule has 0 saturated carbocycles. The zero-order chi connectivity index (χ0) is 12.3. The lowest BCUT2D eigenvalue weighted by atomic mass is 9.91. The first kappa shape index (κ1) is 11.5. The standard InChI is InChI=1S/C15H15NO/c1-11-7-12(2)9-14(8-11)15(10-17)13-3-5-16-6-4-13/h3-10,15H,1-2H3. The fourth-order valence-corrected chi connectivity index (χ4v) is 2.11. The Balaban J connectivity index is 2.46. The highest BCUT2D eigenvalue weighted by Crippen LogP contribution is 2.24. The molecule has 1 atom stereocenters. The molecule has 0 radical (unpaired) electrons. The van der Waals surface area contributed by atoms with Gasteiger partial charge in [0.2, 0.25) is 0 Å². The minimum absolute atomic E-state index is 0.198. The van der Waals surface area contributed by atoms with E-state index in [1.165, 1.54) is 11.1 Å². The third-order valence-corrected chi connectivity index (χ3v) is 2.80. The van der Waals surface area contributed by atoms with Gasteiger partial charge in [-0.2, -0.15) is 0 Å². The maximum absolute atomic E-state index is 11.3. The smallest absolute Gasteiger partial charge is 0.131 e. The number of aldehydes is 1. The second-order valence-electron chi connectivity index (χ2n) is 4.32. The normalized spacial score (nSPS) is 12.1. The summed E-state index contributed by atoms with van der Waals surface area (Å²) in [6.07, 6.45) is 4.42. The molecule has 2 heteroatoms. The quantitative estimate of drug-likeness (QED) is 0.751. The molecule has 1 aromatic heterocycles. The molecule has 0 bridgehead atoms. The Morgan fingerprint density at radius 2 is 1.59 bits per heavy atom. The maximum atomic E-state index is 11.3. The van der Waals surface area contributed by atoms with E-state index in [0.717, 1.165) is 17.4 Å². The third kappa shape index (κ3) is 2.59. The van der Waals surface area contributed by atoms with Crippen molar-refractivity contribution in [3.63, 3.8) is 0 Å². The van der Waals surface area contributed by atoms with Crippen molar-refractivity contribution in [3.8, 4) is 0 Å². The van der Waals surface area contributed by atoms with E-state index in [-0.39, 0.29) is 5.92 Å². The summed E-state index contributed by atoms with van der Waals surface area (Å²) in [6, 6.07) is 10.0. The average Bonchev–Trinajstić information content (AvgIpc) is 2.30. The summed E-state index contributed by atoms with van der Waals surface area (Å²) in [5, 5.41) is 0. The summed E-state index contributed by atoms with van der Waals surface area (Å²) in [5.74, 6) is -0.198. The van der Waals surface area contributed by atoms with Gasteiger partial charge in [-0.3, -0.25) is 4.98 Å². The number of nitrogens with zero attached hydrogens (tertiary/aromatic N) is 1. The van der Waals surface area contributed by atoms with Crippen molar-refractivity contribution in [3.05, 3.63) is 65.0 Å². The molecular formula is C15H15NO. The van der Waals surface area contributed by atoms with Crippen LogP contribution < -0.4 is 0 Å². The van der Waals surface area contributed by atoms with Gasteiger partial charge in [-0.1, -0.05) is 29.3 Å². The number of pyridine rings is 1. The first-order valence-corrected chi connectivity index (χ1v) is 5.64. The van der Waals surface area contributed by atoms with Crippen LogP contribution in [0.1, 0.15) is 28.2 Å². The molecule has 1 heterocycles. The Kier molecular flexibility index (Phi) is 3.33. The zero-order valence-corrected chi connectivity index (χ0v) is 10.1. The van der Waals surface area contributed by atoms with E-state index in [4.69, 9.17) is 0 Å². The summed E-state index contributed by atoms with van der Waals surface area (Å²) >= 11 is 0. The highest BCUT2D eigenvalue weighted by Gasteiger charge is 2.13. The number of benzene rings is 1. The highest BCUT2D eigenvalue weighted by atomic mass is 16.1. The van der Waals surface area contributed by atoms with Gasteiger partial charge in [-0.05, 0) is 37.1 Å². The van der Waals surface area contributed by atoms with Crippen molar-refractivity contribution in [1.29, 1.82) is 0 Å². The molecule has 0 spiro atoms. The molecule has 0 aliphatic carbocycles. The van der Waals surface area contributed by atoms with E-state index < -0.39 is 0 Å². The zero-order valence-electron chi connectivity index (χ0n) is 10.1. The van der Waals surface area contributed by atoms with Crippen LogP contribution in [-0.4, -0.2) is 11.3 Å². The van der Waals surface area contributed by atoms with Gasteiger partial charge in [0.25, 0.3) is 0 Å². The van der Waals surface area contributed by atoms with Crippen LogP contribution in [-0.2, 0) is 4.79 Å². The molecule has 0 N–H and O–H groups in total. The molecule has 1 aromatic carbocycles. The molecule has 2 nitrogen and oxygen atoms in total. The molecule has 0 fully saturated rings. The average molecular weight is 225 g/mol. The monoisotopic (exact) mass is 225 g/mol. The first-order valence-electron chi connectivity index (χ1n) is 5.64. The summed E-state index contributed by atoms with van der Waals surface area (Å²) in [5.41, 5.74) is 4.39. The molecule has 17 heavy (non-hydrogen) atoms. The largest absolute Gasteiger partial charge is 0.302 e. The summed E-state index contributed by atoms with van der Waals surface area (Å²) in [6.45, 7) is 4.09. The van der Waals surface area contributed by atoms with Crippen LogP contribution >= 0.6 is 0 Å². The van der Waals surface area contributed by atoms with Crippen LogP contribution in [0.25, 0.3) is 0 Å². The lowest BCUT2D eigenvalue weighted by Gasteiger charge is -2.12. The van der Waals surface area contributed by atoms with Gasteiger partial charge in [-0.25, -0.2) is 0 Å². The Morgan fingerprint density at radius 3 is 2.12 bits per heavy atom. The lowest BCUT2D eigenvalue weighted by molar-refractivity contribution is -0.108. The van der Waals surface area contributed by atoms with Gasteiger partial charge in [0, 0.05) is 12.4 Å². The van der Waals surface area contributed by atoms with Crippen LogP contribution in [0.5, 0.6) is 0 Å². The predicted molar refractivity (Wildman–Crippen MR) is 68.1 cm³/mol. The molecule has 2 rings (SSSR count). The second kappa shape index (κ2) is 4.91. The molecule has 0 aliphatic rings. The Labute approximate surface area is 101 Å². The van der Waals surface area contributed by atoms with Crippen LogP contribution in [0.3, 0.4) is 0 Å². The molecule has 0 amide bonds. The first-order chi connectivity index (χ1) is 8.20. The van der Waals surface area contributed by atoms with Crippen LogP contribution in [0.4, 0.5) is 0 Å². The van der Waals surface area contributed by atoms with Crippen LogP contribution in [0.15, 0.2) is 42.7 Å². The molecule has 86 valence electrons. The Bertz CT molecular complexity index is 499. The van der Waals surface area contributed by atoms with Gasteiger partial charge < -0.3 is 4.79 Å². The van der Waals surface area contributed by atoms with E-state index in [0.29, 0.717) is 0 Å². The second-order valence-corrected chi connectivity index (χ2v) is 4.32. The SMILES string of the molecule is Cc1cc(C)cc(C(C=O)c2ccncc2)c1. The topological polar surface area (TPSA) is 30.0 Å². The van der Waals surface area contributed by atoms with Gasteiger partial charge in [0.1, 0.15) is 6.29 Å². The van der Waals surface area contributed by atoms with Crippen molar-refractivity contribution in [1.82, 2.24) is 4.98 Å². The third-order valence-electron chi connectivity index (χ3n) is 2.80. The highest BCUT2D eigenvalue weighted by molar-refractivity contribution is 5.68. The number of rotatable bonds is 3. The predicted octanol–water partition coefficient (Wildman–Crippen LogP) is 3.03. The van der Waals surface area contributed by atoms with Gasteiger partial charge in [-0.15, -0.1) is 0 Å². The van der Waals surface area contributed by atoms with E-state index in [1.807, 2.05) is 26.0 Å². The number of carbonyl (C=O) groups excluding carboxylic acids is 1. The van der Waals surface area contributed by atoms with E-state index in [9.17, 15) is 4.79 Å². The number of aryl methyl sites for hydroxylation is 2. The van der Waals surface area contributed by atoms with Gasteiger partial charge in [0.05, 0.1) is 5.92 Å². The fourth-order valence-electron chi connectivity index (χ4n) is 2.11. The fraction of sp³-hybridized carbons (Fsp3) is 0.200. The van der Waals surface area contributed by atoms with Gasteiger partial charge in [0.15, 0.2) is 0 Å². The summed E-state index contributed by atoms with van der Waals surface area (Å²) < 4.78 is 0. The van der Waals surface area contributed by atoms with Crippen molar-refractivity contribution in [2.45, 2.75) is 19.8 Å². The van der Waals surface area contributed by atoms with Crippen molar-refractivity contribution < 1.29 is 4.79 Å². The van der Waals surface area contributed by atoms with Crippen molar-refractivity contribution >= 4 is 6.29 Å².